The van der Waals surface area contributed by atoms with Crippen molar-refractivity contribution >= 4 is 28.4 Å². The molecule has 0 aliphatic heterocycles. The van der Waals surface area contributed by atoms with Crippen molar-refractivity contribution in [2.24, 2.45) is 5.92 Å². The van der Waals surface area contributed by atoms with E-state index in [1.165, 1.54) is 0 Å². The fourth-order valence-electron chi connectivity index (χ4n) is 1.79. The number of anilines is 1. The number of hydrogen-bond acceptors (Lipinski definition) is 5. The molecule has 0 aliphatic carbocycles. The van der Waals surface area contributed by atoms with Gasteiger partial charge in [0.25, 0.3) is 0 Å². The number of aryl methyl sites for hydroxylation is 1. The first-order chi connectivity index (χ1) is 9.51. The van der Waals surface area contributed by atoms with Gasteiger partial charge in [-0.2, -0.15) is 0 Å². The molecule has 5 nitrogen and oxygen atoms in total. The van der Waals surface area contributed by atoms with Gasteiger partial charge in [-0.1, -0.05) is 13.8 Å². The average Bonchev–Trinajstić information content (AvgIpc) is 2.41. The lowest BCUT2D eigenvalue weighted by Crippen LogP contribution is -2.08. The van der Waals surface area contributed by atoms with Crippen molar-refractivity contribution in [1.82, 2.24) is 19.9 Å². The van der Waals surface area contributed by atoms with E-state index in [4.69, 9.17) is 0 Å². The quantitative estimate of drug-likeness (QED) is 0.823. The van der Waals surface area contributed by atoms with Crippen LogP contribution in [0, 0.1) is 16.4 Å². The van der Waals surface area contributed by atoms with Gasteiger partial charge in [-0.05, 0) is 47.4 Å². The van der Waals surface area contributed by atoms with E-state index >= 15 is 0 Å². The minimum Gasteiger partial charge on any atom is -0.372 e. The lowest BCUT2D eigenvalue weighted by molar-refractivity contribution is 0.632. The van der Waals surface area contributed by atoms with Gasteiger partial charge in [-0.25, -0.2) is 19.9 Å². The second-order valence-electron chi connectivity index (χ2n) is 5.09. The first kappa shape index (κ1) is 15.1. The molecule has 0 atom stereocenters. The maximum Gasteiger partial charge on any atom is 0.200 e. The lowest BCUT2D eigenvalue weighted by atomic mass is 10.1. The molecule has 0 aromatic carbocycles. The zero-order chi connectivity index (χ0) is 14.7. The van der Waals surface area contributed by atoms with Crippen LogP contribution < -0.4 is 5.32 Å². The Kier molecular flexibility index (Phi) is 4.85. The summed E-state index contributed by atoms with van der Waals surface area (Å²) < 4.78 is 1.06. The Hall–Kier alpha value is -1.31. The minimum absolute atomic E-state index is 0.537. The first-order valence-corrected chi connectivity index (χ1v) is 7.62. The van der Waals surface area contributed by atoms with Gasteiger partial charge in [0.05, 0.1) is 9.26 Å². The van der Waals surface area contributed by atoms with Gasteiger partial charge in [0.15, 0.2) is 11.6 Å². The third kappa shape index (κ3) is 3.41. The summed E-state index contributed by atoms with van der Waals surface area (Å²) in [6.07, 6.45) is 4.48. The smallest absolute Gasteiger partial charge is 0.200 e. The summed E-state index contributed by atoms with van der Waals surface area (Å²) in [5.74, 6) is 2.50. The molecule has 0 radical (unpaired) electrons. The van der Waals surface area contributed by atoms with Gasteiger partial charge in [0, 0.05) is 19.4 Å². The molecule has 0 spiro atoms. The van der Waals surface area contributed by atoms with Crippen LogP contribution in [0.5, 0.6) is 0 Å². The summed E-state index contributed by atoms with van der Waals surface area (Å²) in [6.45, 7) is 6.32. The van der Waals surface area contributed by atoms with Gasteiger partial charge in [-0.3, -0.25) is 0 Å². The molecule has 20 heavy (non-hydrogen) atoms. The highest BCUT2D eigenvalue weighted by Crippen LogP contribution is 2.24. The third-order valence-corrected chi connectivity index (χ3v) is 3.87. The van der Waals surface area contributed by atoms with Gasteiger partial charge >= 0.3 is 0 Å². The molecule has 0 saturated heterocycles. The Morgan fingerprint density at radius 3 is 2.35 bits per heavy atom. The predicted molar refractivity (Wildman–Crippen MR) is 88.6 cm³/mol. The zero-order valence-electron chi connectivity index (χ0n) is 12.1. The summed E-state index contributed by atoms with van der Waals surface area (Å²) >= 11 is 2.29. The van der Waals surface area contributed by atoms with Crippen LogP contribution in [0.25, 0.3) is 11.6 Å². The maximum absolute atomic E-state index is 4.64. The number of nitrogens with zero attached hydrogens (tertiary/aromatic N) is 4. The molecule has 0 fully saturated rings. The predicted octanol–water partition coefficient (Wildman–Crippen LogP) is 3.09. The van der Waals surface area contributed by atoms with Crippen LogP contribution in [0.3, 0.4) is 0 Å². The van der Waals surface area contributed by atoms with Crippen LogP contribution in [-0.2, 0) is 6.42 Å². The van der Waals surface area contributed by atoms with Crippen LogP contribution in [0.2, 0.25) is 0 Å². The van der Waals surface area contributed by atoms with E-state index in [0.717, 1.165) is 27.1 Å². The molecule has 2 aromatic heterocycles. The largest absolute Gasteiger partial charge is 0.372 e. The Morgan fingerprint density at radius 1 is 1.15 bits per heavy atom. The SMILES string of the molecule is CNc1nc(-c2ncc(C)cn2)nc(CC(C)C)c1I. The van der Waals surface area contributed by atoms with Crippen molar-refractivity contribution in [3.05, 3.63) is 27.2 Å². The summed E-state index contributed by atoms with van der Waals surface area (Å²) in [5.41, 5.74) is 2.06. The fourth-order valence-corrected chi connectivity index (χ4v) is 2.52. The number of hydrogen-bond donors (Lipinski definition) is 1. The summed E-state index contributed by atoms with van der Waals surface area (Å²) in [5, 5.41) is 3.12. The second kappa shape index (κ2) is 6.43. The van der Waals surface area contributed by atoms with E-state index < -0.39 is 0 Å². The maximum atomic E-state index is 4.64. The normalized spacial score (nSPS) is 10.9. The van der Waals surface area contributed by atoms with Crippen molar-refractivity contribution in [2.75, 3.05) is 12.4 Å². The number of halogens is 1. The summed E-state index contributed by atoms with van der Waals surface area (Å²) in [4.78, 5) is 17.8. The highest BCUT2D eigenvalue weighted by molar-refractivity contribution is 14.1. The Morgan fingerprint density at radius 2 is 1.80 bits per heavy atom. The molecule has 2 aromatic rings. The molecule has 0 bridgehead atoms. The molecule has 0 amide bonds. The Bertz CT molecular complexity index is 595. The molecular formula is C14H18IN5. The van der Waals surface area contributed by atoms with E-state index in [2.05, 4.69) is 61.7 Å². The second-order valence-corrected chi connectivity index (χ2v) is 6.17. The van der Waals surface area contributed by atoms with Crippen molar-refractivity contribution in [2.45, 2.75) is 27.2 Å². The van der Waals surface area contributed by atoms with E-state index in [0.29, 0.717) is 17.6 Å². The first-order valence-electron chi connectivity index (χ1n) is 6.54. The molecular weight excluding hydrogens is 365 g/mol. The van der Waals surface area contributed by atoms with Crippen molar-refractivity contribution in [1.29, 1.82) is 0 Å². The highest BCUT2D eigenvalue weighted by Gasteiger charge is 2.15. The topological polar surface area (TPSA) is 63.6 Å². The Labute approximate surface area is 132 Å². The van der Waals surface area contributed by atoms with E-state index in [9.17, 15) is 0 Å². The van der Waals surface area contributed by atoms with Crippen LogP contribution in [0.4, 0.5) is 5.82 Å². The molecule has 0 saturated carbocycles. The molecule has 0 aliphatic rings. The van der Waals surface area contributed by atoms with Gasteiger partial charge in [-0.15, -0.1) is 0 Å². The molecule has 6 heteroatoms. The highest BCUT2D eigenvalue weighted by atomic mass is 127. The standard InChI is InChI=1S/C14H18IN5/c1-8(2)5-10-11(15)12(16-4)20-14(19-10)13-17-6-9(3)7-18-13/h6-8H,5H2,1-4H3,(H,16,19,20). The number of nitrogens with one attached hydrogen (secondary N) is 1. The van der Waals surface area contributed by atoms with Crippen molar-refractivity contribution in [3.63, 3.8) is 0 Å². The monoisotopic (exact) mass is 383 g/mol. The minimum atomic E-state index is 0.537. The van der Waals surface area contributed by atoms with E-state index in [1.54, 1.807) is 12.4 Å². The molecule has 2 rings (SSSR count). The van der Waals surface area contributed by atoms with Crippen molar-refractivity contribution < 1.29 is 0 Å². The van der Waals surface area contributed by atoms with Crippen LogP contribution in [-0.4, -0.2) is 27.0 Å². The molecule has 106 valence electrons. The van der Waals surface area contributed by atoms with Crippen molar-refractivity contribution in [3.8, 4) is 11.6 Å². The van der Waals surface area contributed by atoms with Gasteiger partial charge in [0.1, 0.15) is 5.82 Å². The fraction of sp³-hybridized carbons (Fsp3) is 0.429. The van der Waals surface area contributed by atoms with Crippen LogP contribution in [0.1, 0.15) is 25.1 Å². The van der Waals surface area contributed by atoms with Gasteiger partial charge < -0.3 is 5.32 Å². The third-order valence-electron chi connectivity index (χ3n) is 2.74. The average molecular weight is 383 g/mol. The molecule has 1 N–H and O–H groups in total. The number of aromatic nitrogens is 4. The number of rotatable bonds is 4. The van der Waals surface area contributed by atoms with Gasteiger partial charge in [0.2, 0.25) is 0 Å². The Balaban J connectivity index is 2.50. The van der Waals surface area contributed by atoms with E-state index in [1.807, 2.05) is 14.0 Å². The molecule has 0 unspecified atom stereocenters. The molecule has 2 heterocycles. The van der Waals surface area contributed by atoms with Crippen LogP contribution in [0.15, 0.2) is 12.4 Å². The van der Waals surface area contributed by atoms with Crippen LogP contribution >= 0.6 is 22.6 Å². The van der Waals surface area contributed by atoms with E-state index in [-0.39, 0.29) is 0 Å². The lowest BCUT2D eigenvalue weighted by Gasteiger charge is -2.12. The summed E-state index contributed by atoms with van der Waals surface area (Å²) in [7, 11) is 1.86. The zero-order valence-corrected chi connectivity index (χ0v) is 14.3. The summed E-state index contributed by atoms with van der Waals surface area (Å²) in [6, 6.07) is 0.